The summed E-state index contributed by atoms with van der Waals surface area (Å²) in [5, 5.41) is 9.03. The molecule has 6 nitrogen and oxygen atoms in total. The van der Waals surface area contributed by atoms with Gasteiger partial charge in [0.1, 0.15) is 0 Å². The molecule has 0 radical (unpaired) electrons. The number of hydrogen-bond donors (Lipinski definition) is 1. The van der Waals surface area contributed by atoms with Crippen molar-refractivity contribution in [3.63, 3.8) is 0 Å². The van der Waals surface area contributed by atoms with Gasteiger partial charge in [0, 0.05) is 5.69 Å². The van der Waals surface area contributed by atoms with E-state index >= 15 is 0 Å². The lowest BCUT2D eigenvalue weighted by atomic mass is 10.2. The first kappa shape index (κ1) is 16.6. The lowest BCUT2D eigenvalue weighted by Gasteiger charge is -2.15. The number of nitrogens with two attached hydrogens (primary N) is 1. The lowest BCUT2D eigenvalue weighted by Crippen LogP contribution is -2.27. The van der Waals surface area contributed by atoms with Gasteiger partial charge >= 0.3 is 0 Å². The second-order valence-electron chi connectivity index (χ2n) is 4.67. The first-order chi connectivity index (χ1) is 11.1. The Morgan fingerprint density at radius 3 is 2.30 bits per heavy atom. The summed E-state index contributed by atoms with van der Waals surface area (Å²) in [5.74, 6) is -1.12. The molecule has 2 rings (SSSR count). The van der Waals surface area contributed by atoms with Gasteiger partial charge in [-0.15, -0.1) is 16.7 Å². The molecule has 1 amide bonds. The van der Waals surface area contributed by atoms with Gasteiger partial charge in [-0.25, -0.2) is 0 Å². The van der Waals surface area contributed by atoms with Crippen molar-refractivity contribution in [1.29, 1.82) is 0 Å². The third kappa shape index (κ3) is 4.89. The maximum absolute atomic E-state index is 12.3. The van der Waals surface area contributed by atoms with Gasteiger partial charge in [-0.05, 0) is 36.4 Å². The fourth-order valence-corrected chi connectivity index (χ4v) is 1.84. The van der Waals surface area contributed by atoms with E-state index in [0.29, 0.717) is 17.1 Å². The summed E-state index contributed by atoms with van der Waals surface area (Å²) in [5.41, 5.74) is 7.25. The molecule has 2 N–H and O–H groups in total. The molecule has 0 bridgehead atoms. The maximum atomic E-state index is 12.3. The van der Waals surface area contributed by atoms with E-state index in [1.54, 1.807) is 48.5 Å². The van der Waals surface area contributed by atoms with Crippen molar-refractivity contribution >= 4 is 40.4 Å². The zero-order valence-corrected chi connectivity index (χ0v) is 13.0. The highest BCUT2D eigenvalue weighted by Crippen LogP contribution is 2.20. The SMILES string of the molecule is Nc1ccc(N(N=Nc2ccccc2)C(=O)CC(=O)CCl)cc1. The number of benzene rings is 2. The van der Waals surface area contributed by atoms with Crippen LogP contribution in [0, 0.1) is 0 Å². The summed E-state index contributed by atoms with van der Waals surface area (Å²) >= 11 is 5.45. The van der Waals surface area contributed by atoms with Gasteiger partial charge in [-0.2, -0.15) is 5.01 Å². The maximum Gasteiger partial charge on any atom is 0.256 e. The summed E-state index contributed by atoms with van der Waals surface area (Å²) < 4.78 is 0. The lowest BCUT2D eigenvalue weighted by molar-refractivity contribution is -0.125. The summed E-state index contributed by atoms with van der Waals surface area (Å²) in [6, 6.07) is 15.5. The average Bonchev–Trinajstić information content (AvgIpc) is 2.57. The molecule has 0 saturated heterocycles. The fraction of sp³-hybridized carbons (Fsp3) is 0.125. The molecule has 2 aromatic rings. The van der Waals surface area contributed by atoms with Crippen LogP contribution in [0.4, 0.5) is 17.1 Å². The third-order valence-corrected chi connectivity index (χ3v) is 3.18. The molecule has 0 atom stereocenters. The van der Waals surface area contributed by atoms with Gasteiger partial charge in [-0.1, -0.05) is 23.4 Å². The van der Waals surface area contributed by atoms with Crippen LogP contribution >= 0.6 is 11.6 Å². The second-order valence-corrected chi connectivity index (χ2v) is 4.94. The number of nitrogen functional groups attached to an aromatic ring is 1. The molecule has 0 aromatic heterocycles. The van der Waals surface area contributed by atoms with E-state index in [9.17, 15) is 9.59 Å². The van der Waals surface area contributed by atoms with Gasteiger partial charge in [0.15, 0.2) is 5.78 Å². The molecule has 0 unspecified atom stereocenters. The first-order valence-corrected chi connectivity index (χ1v) is 7.36. The summed E-state index contributed by atoms with van der Waals surface area (Å²) in [7, 11) is 0. The number of ketones is 1. The number of rotatable bonds is 6. The third-order valence-electron chi connectivity index (χ3n) is 2.88. The molecule has 2 aromatic carbocycles. The van der Waals surface area contributed by atoms with Crippen LogP contribution in [0.1, 0.15) is 6.42 Å². The van der Waals surface area contributed by atoms with Crippen LogP contribution in [0.2, 0.25) is 0 Å². The summed E-state index contributed by atoms with van der Waals surface area (Å²) in [6.45, 7) is 0. The van der Waals surface area contributed by atoms with Crippen molar-refractivity contribution in [2.45, 2.75) is 6.42 Å². The highest BCUT2D eigenvalue weighted by atomic mass is 35.5. The Labute approximate surface area is 138 Å². The number of hydrogen-bond acceptors (Lipinski definition) is 5. The number of carbonyl (C=O) groups excluding carboxylic acids is 2. The predicted octanol–water partition coefficient (Wildman–Crippen LogP) is 3.50. The zero-order chi connectivity index (χ0) is 16.7. The van der Waals surface area contributed by atoms with E-state index in [1.165, 1.54) is 0 Å². The highest BCUT2D eigenvalue weighted by molar-refractivity contribution is 6.29. The molecule has 118 valence electrons. The Balaban J connectivity index is 2.27. The van der Waals surface area contributed by atoms with Gasteiger partial charge in [0.2, 0.25) is 0 Å². The molecule has 23 heavy (non-hydrogen) atoms. The standard InChI is InChI=1S/C16H15ClN4O2/c17-11-15(22)10-16(23)21(14-8-6-12(18)7-9-14)20-19-13-4-2-1-3-5-13/h1-9H,10-11,18H2. The Bertz CT molecular complexity index is 702. The van der Waals surface area contributed by atoms with E-state index in [4.69, 9.17) is 17.3 Å². The van der Waals surface area contributed by atoms with Crippen LogP contribution in [0.3, 0.4) is 0 Å². The van der Waals surface area contributed by atoms with Crippen molar-refractivity contribution in [2.24, 2.45) is 10.3 Å². The molecular formula is C16H15ClN4O2. The largest absolute Gasteiger partial charge is 0.399 e. The van der Waals surface area contributed by atoms with E-state index in [0.717, 1.165) is 5.01 Å². The predicted molar refractivity (Wildman–Crippen MR) is 89.6 cm³/mol. The zero-order valence-electron chi connectivity index (χ0n) is 12.2. The molecular weight excluding hydrogens is 316 g/mol. The second kappa shape index (κ2) is 8.05. The van der Waals surface area contributed by atoms with E-state index < -0.39 is 5.91 Å². The minimum atomic E-state index is -0.514. The number of alkyl halides is 1. The highest BCUT2D eigenvalue weighted by Gasteiger charge is 2.18. The molecule has 0 aliphatic carbocycles. The quantitative estimate of drug-likeness (QED) is 0.289. The van der Waals surface area contributed by atoms with Crippen molar-refractivity contribution in [3.8, 4) is 0 Å². The van der Waals surface area contributed by atoms with Gasteiger partial charge in [0.25, 0.3) is 5.91 Å². The Kier molecular flexibility index (Phi) is 5.82. The van der Waals surface area contributed by atoms with E-state index in [2.05, 4.69) is 10.3 Å². The number of anilines is 2. The molecule has 0 aliphatic heterocycles. The Morgan fingerprint density at radius 1 is 1.04 bits per heavy atom. The molecule has 0 aliphatic rings. The monoisotopic (exact) mass is 330 g/mol. The number of nitrogens with zero attached hydrogens (tertiary/aromatic N) is 3. The van der Waals surface area contributed by atoms with Crippen molar-refractivity contribution in [1.82, 2.24) is 0 Å². The van der Waals surface area contributed by atoms with Crippen LogP contribution < -0.4 is 10.7 Å². The Hall–Kier alpha value is -2.73. The molecule has 0 spiro atoms. The molecule has 7 heteroatoms. The number of carbonyl (C=O) groups is 2. The van der Waals surface area contributed by atoms with Crippen LogP contribution in [-0.2, 0) is 9.59 Å². The molecule has 0 heterocycles. The average molecular weight is 331 g/mol. The number of halogens is 1. The summed E-state index contributed by atoms with van der Waals surface area (Å²) in [4.78, 5) is 23.7. The van der Waals surface area contributed by atoms with Gasteiger partial charge < -0.3 is 5.73 Å². The van der Waals surface area contributed by atoms with Gasteiger partial charge in [-0.3, -0.25) is 9.59 Å². The van der Waals surface area contributed by atoms with Gasteiger partial charge in [0.05, 0.1) is 23.7 Å². The number of Topliss-reactive ketones (excluding diaryl/α,β-unsaturated/α-hetero) is 1. The minimum absolute atomic E-state index is 0.225. The van der Waals surface area contributed by atoms with Crippen LogP contribution in [-0.4, -0.2) is 17.6 Å². The topological polar surface area (TPSA) is 88.1 Å². The minimum Gasteiger partial charge on any atom is -0.399 e. The number of amides is 1. The van der Waals surface area contributed by atoms with Crippen molar-refractivity contribution < 1.29 is 9.59 Å². The Morgan fingerprint density at radius 2 is 1.70 bits per heavy atom. The fourth-order valence-electron chi connectivity index (χ4n) is 1.74. The van der Waals surface area contributed by atoms with E-state index in [-0.39, 0.29) is 18.1 Å². The van der Waals surface area contributed by atoms with Crippen LogP contribution in [0.15, 0.2) is 64.9 Å². The molecule has 0 saturated carbocycles. The van der Waals surface area contributed by atoms with Crippen molar-refractivity contribution in [3.05, 3.63) is 54.6 Å². The summed E-state index contributed by atoms with van der Waals surface area (Å²) in [6.07, 6.45) is -0.346. The smallest absolute Gasteiger partial charge is 0.256 e. The normalized spacial score (nSPS) is 10.7. The van der Waals surface area contributed by atoms with Crippen molar-refractivity contribution in [2.75, 3.05) is 16.6 Å². The molecule has 0 fully saturated rings. The van der Waals surface area contributed by atoms with E-state index in [1.807, 2.05) is 6.07 Å². The first-order valence-electron chi connectivity index (χ1n) is 6.83. The van der Waals surface area contributed by atoms with Crippen LogP contribution in [0.5, 0.6) is 0 Å². The van der Waals surface area contributed by atoms with Crippen LogP contribution in [0.25, 0.3) is 0 Å².